The van der Waals surface area contributed by atoms with E-state index in [0.29, 0.717) is 25.0 Å². The minimum absolute atomic E-state index is 0.0541. The largest absolute Gasteiger partial charge is 0.326 e. The molecule has 0 bridgehead atoms. The molecule has 1 fully saturated rings. The molecule has 0 aliphatic heterocycles. The number of hydrogen-bond donors (Lipinski definition) is 2. The summed E-state index contributed by atoms with van der Waals surface area (Å²) in [6.07, 6.45) is 2.44. The topological polar surface area (TPSA) is 58.4 Å². The monoisotopic (exact) mass is 275 g/mol. The van der Waals surface area contributed by atoms with Crippen LogP contribution >= 0.6 is 0 Å². The third-order valence-corrected chi connectivity index (χ3v) is 3.52. The van der Waals surface area contributed by atoms with Crippen LogP contribution in [0.5, 0.6) is 0 Å². The fourth-order valence-electron chi connectivity index (χ4n) is 2.45. The minimum atomic E-state index is 0.0541. The molecule has 4 nitrogen and oxygen atoms in total. The predicted octanol–water partition coefficient (Wildman–Crippen LogP) is 2.20. The fourth-order valence-corrected chi connectivity index (χ4v) is 2.45. The lowest BCUT2D eigenvalue weighted by Gasteiger charge is -2.23. The Balaban J connectivity index is 1.93. The first-order valence-electron chi connectivity index (χ1n) is 7.42. The number of benzene rings is 1. The lowest BCUT2D eigenvalue weighted by molar-refractivity contribution is -0.117. The third kappa shape index (κ3) is 4.32. The van der Waals surface area contributed by atoms with E-state index in [9.17, 15) is 4.79 Å². The van der Waals surface area contributed by atoms with Crippen LogP contribution in [0, 0.1) is 5.92 Å². The molecule has 4 heteroatoms. The van der Waals surface area contributed by atoms with E-state index in [-0.39, 0.29) is 5.91 Å². The van der Waals surface area contributed by atoms with Gasteiger partial charge in [-0.1, -0.05) is 32.0 Å². The summed E-state index contributed by atoms with van der Waals surface area (Å²) in [5.41, 5.74) is 7.50. The fraction of sp³-hybridized carbons (Fsp3) is 0.562. The first-order valence-corrected chi connectivity index (χ1v) is 7.42. The molecular formula is C16H25N3O. The van der Waals surface area contributed by atoms with E-state index in [1.807, 2.05) is 24.3 Å². The number of anilines is 1. The van der Waals surface area contributed by atoms with Crippen molar-refractivity contribution in [3.8, 4) is 0 Å². The molecule has 3 N–H and O–H groups in total. The summed E-state index contributed by atoms with van der Waals surface area (Å²) in [5, 5.41) is 2.99. The SMILES string of the molecule is CC(C)CN(CC(=O)Nc1ccccc1CN)C1CC1. The lowest BCUT2D eigenvalue weighted by atomic mass is 10.1. The van der Waals surface area contributed by atoms with Crippen molar-refractivity contribution in [2.45, 2.75) is 39.3 Å². The van der Waals surface area contributed by atoms with Crippen LogP contribution < -0.4 is 11.1 Å². The first-order chi connectivity index (χ1) is 9.60. The summed E-state index contributed by atoms with van der Waals surface area (Å²) in [6, 6.07) is 8.31. The van der Waals surface area contributed by atoms with E-state index in [1.54, 1.807) is 0 Å². The summed E-state index contributed by atoms with van der Waals surface area (Å²) in [5.74, 6) is 0.637. The number of nitrogens with zero attached hydrogens (tertiary/aromatic N) is 1. The molecule has 2 rings (SSSR count). The van der Waals surface area contributed by atoms with Crippen molar-refractivity contribution in [1.29, 1.82) is 0 Å². The van der Waals surface area contributed by atoms with Gasteiger partial charge in [0, 0.05) is 24.8 Å². The summed E-state index contributed by atoms with van der Waals surface area (Å²) in [4.78, 5) is 14.5. The average molecular weight is 275 g/mol. The molecule has 20 heavy (non-hydrogen) atoms. The van der Waals surface area contributed by atoms with Crippen LogP contribution in [0.4, 0.5) is 5.69 Å². The summed E-state index contributed by atoms with van der Waals surface area (Å²) in [6.45, 7) is 6.28. The highest BCUT2D eigenvalue weighted by molar-refractivity contribution is 5.93. The van der Waals surface area contributed by atoms with E-state index in [4.69, 9.17) is 5.73 Å². The Kier molecular flexibility index (Phi) is 5.15. The molecule has 0 spiro atoms. The van der Waals surface area contributed by atoms with Crippen molar-refractivity contribution < 1.29 is 4.79 Å². The smallest absolute Gasteiger partial charge is 0.238 e. The van der Waals surface area contributed by atoms with Crippen LogP contribution in [0.15, 0.2) is 24.3 Å². The van der Waals surface area contributed by atoms with Gasteiger partial charge in [-0.05, 0) is 30.4 Å². The average Bonchev–Trinajstić information content (AvgIpc) is 3.22. The lowest BCUT2D eigenvalue weighted by Crippen LogP contribution is -2.37. The maximum absolute atomic E-state index is 12.2. The highest BCUT2D eigenvalue weighted by atomic mass is 16.2. The Morgan fingerprint density at radius 3 is 2.70 bits per heavy atom. The zero-order valence-corrected chi connectivity index (χ0v) is 12.4. The molecule has 1 aliphatic carbocycles. The Hall–Kier alpha value is -1.39. The second-order valence-electron chi connectivity index (χ2n) is 5.96. The van der Waals surface area contributed by atoms with Crippen LogP contribution in [0.25, 0.3) is 0 Å². The number of nitrogens with two attached hydrogens (primary N) is 1. The van der Waals surface area contributed by atoms with E-state index in [0.717, 1.165) is 17.8 Å². The Bertz CT molecular complexity index is 455. The number of nitrogens with one attached hydrogen (secondary N) is 1. The highest BCUT2D eigenvalue weighted by Crippen LogP contribution is 2.27. The minimum Gasteiger partial charge on any atom is -0.326 e. The van der Waals surface area contributed by atoms with Crippen LogP contribution in [0.1, 0.15) is 32.3 Å². The Labute approximate surface area is 121 Å². The van der Waals surface area contributed by atoms with Gasteiger partial charge in [0.1, 0.15) is 0 Å². The summed E-state index contributed by atoms with van der Waals surface area (Å²) >= 11 is 0. The molecule has 1 aliphatic rings. The maximum Gasteiger partial charge on any atom is 0.238 e. The van der Waals surface area contributed by atoms with Crippen LogP contribution in [0.2, 0.25) is 0 Å². The maximum atomic E-state index is 12.2. The number of hydrogen-bond acceptors (Lipinski definition) is 3. The Morgan fingerprint density at radius 1 is 1.40 bits per heavy atom. The molecule has 0 atom stereocenters. The van der Waals surface area contributed by atoms with Gasteiger partial charge >= 0.3 is 0 Å². The standard InChI is InChI=1S/C16H25N3O/c1-12(2)10-19(14-7-8-14)11-16(20)18-15-6-4-3-5-13(15)9-17/h3-6,12,14H,7-11,17H2,1-2H3,(H,18,20). The molecule has 110 valence electrons. The number of amides is 1. The number of para-hydroxylation sites is 1. The Morgan fingerprint density at radius 2 is 2.10 bits per heavy atom. The van der Waals surface area contributed by atoms with Crippen LogP contribution in [0.3, 0.4) is 0 Å². The zero-order chi connectivity index (χ0) is 14.5. The summed E-state index contributed by atoms with van der Waals surface area (Å²) < 4.78 is 0. The summed E-state index contributed by atoms with van der Waals surface area (Å²) in [7, 11) is 0. The van der Waals surface area contributed by atoms with Crippen LogP contribution in [-0.2, 0) is 11.3 Å². The molecule has 0 unspecified atom stereocenters. The van der Waals surface area contributed by atoms with Gasteiger partial charge in [0.15, 0.2) is 0 Å². The molecule has 1 aromatic rings. The number of rotatable bonds is 7. The van der Waals surface area contributed by atoms with E-state index >= 15 is 0 Å². The molecule has 0 aromatic heterocycles. The number of carbonyl (C=O) groups is 1. The van der Waals surface area contributed by atoms with Crippen molar-refractivity contribution in [2.75, 3.05) is 18.4 Å². The van der Waals surface area contributed by atoms with Crippen molar-refractivity contribution in [2.24, 2.45) is 11.7 Å². The third-order valence-electron chi connectivity index (χ3n) is 3.52. The van der Waals surface area contributed by atoms with Gasteiger partial charge in [0.05, 0.1) is 6.54 Å². The van der Waals surface area contributed by atoms with Crippen molar-refractivity contribution in [3.05, 3.63) is 29.8 Å². The van der Waals surface area contributed by atoms with Gasteiger partial charge < -0.3 is 11.1 Å². The second-order valence-corrected chi connectivity index (χ2v) is 5.96. The van der Waals surface area contributed by atoms with Gasteiger partial charge in [-0.25, -0.2) is 0 Å². The number of carbonyl (C=O) groups excluding carboxylic acids is 1. The van der Waals surface area contributed by atoms with Crippen molar-refractivity contribution >= 4 is 11.6 Å². The molecule has 1 saturated carbocycles. The molecule has 0 saturated heterocycles. The normalized spacial score (nSPS) is 14.8. The first kappa shape index (κ1) is 15.0. The highest BCUT2D eigenvalue weighted by Gasteiger charge is 2.30. The molecule has 0 radical (unpaired) electrons. The van der Waals surface area contributed by atoms with Gasteiger partial charge in [-0.2, -0.15) is 0 Å². The van der Waals surface area contributed by atoms with Gasteiger partial charge in [-0.3, -0.25) is 9.69 Å². The molecule has 0 heterocycles. The predicted molar refractivity (Wildman–Crippen MR) is 82.4 cm³/mol. The zero-order valence-electron chi connectivity index (χ0n) is 12.4. The van der Waals surface area contributed by atoms with Gasteiger partial charge in [0.2, 0.25) is 5.91 Å². The van der Waals surface area contributed by atoms with E-state index in [1.165, 1.54) is 12.8 Å². The molecule has 1 aromatic carbocycles. The molecule has 1 amide bonds. The molecular weight excluding hydrogens is 250 g/mol. The second kappa shape index (κ2) is 6.86. The van der Waals surface area contributed by atoms with E-state index in [2.05, 4.69) is 24.1 Å². The van der Waals surface area contributed by atoms with Gasteiger partial charge in [-0.15, -0.1) is 0 Å². The van der Waals surface area contributed by atoms with Crippen molar-refractivity contribution in [3.63, 3.8) is 0 Å². The van der Waals surface area contributed by atoms with Crippen LogP contribution in [-0.4, -0.2) is 29.9 Å². The van der Waals surface area contributed by atoms with E-state index < -0.39 is 0 Å². The van der Waals surface area contributed by atoms with Gasteiger partial charge in [0.25, 0.3) is 0 Å². The van der Waals surface area contributed by atoms with Crippen molar-refractivity contribution in [1.82, 2.24) is 4.90 Å². The quantitative estimate of drug-likeness (QED) is 0.802.